The van der Waals surface area contributed by atoms with Crippen LogP contribution < -0.4 is 20.3 Å². The van der Waals surface area contributed by atoms with Crippen LogP contribution in [0, 0.1) is 0 Å². The molecule has 1 saturated heterocycles. The van der Waals surface area contributed by atoms with E-state index in [2.05, 4.69) is 15.5 Å². The number of nitrogens with zero attached hydrogens (tertiary/aromatic N) is 1. The molecule has 0 unspecified atom stereocenters. The van der Waals surface area contributed by atoms with Gasteiger partial charge < -0.3 is 20.3 Å². The predicted octanol–water partition coefficient (Wildman–Crippen LogP) is 4.14. The third-order valence-electron chi connectivity index (χ3n) is 4.05. The van der Waals surface area contributed by atoms with Crippen molar-refractivity contribution in [2.45, 2.75) is 12.8 Å². The lowest BCUT2D eigenvalue weighted by molar-refractivity contribution is 0.247. The number of carbonyl (C=O) groups excluding carboxylic acids is 1. The summed E-state index contributed by atoms with van der Waals surface area (Å²) in [6.45, 7) is 3.01. The van der Waals surface area contributed by atoms with Crippen molar-refractivity contribution in [1.82, 2.24) is 5.32 Å². The van der Waals surface area contributed by atoms with Gasteiger partial charge in [0.15, 0.2) is 0 Å². The number of halogens is 1. The van der Waals surface area contributed by atoms with E-state index in [1.54, 1.807) is 12.1 Å². The Hall–Kier alpha value is -2.40. The molecule has 1 heterocycles. The van der Waals surface area contributed by atoms with E-state index in [0.717, 1.165) is 18.8 Å². The molecule has 2 aromatic rings. The number of ether oxygens (including phenoxy) is 1. The largest absolute Gasteiger partial charge is 0.492 e. The Morgan fingerprint density at radius 3 is 2.60 bits per heavy atom. The van der Waals surface area contributed by atoms with Crippen LogP contribution >= 0.6 is 11.6 Å². The molecule has 2 N–H and O–H groups in total. The van der Waals surface area contributed by atoms with Gasteiger partial charge in [-0.2, -0.15) is 0 Å². The van der Waals surface area contributed by atoms with Crippen LogP contribution in [0.15, 0.2) is 48.5 Å². The summed E-state index contributed by atoms with van der Waals surface area (Å²) in [5, 5.41) is 6.22. The Labute approximate surface area is 152 Å². The van der Waals surface area contributed by atoms with Crippen molar-refractivity contribution in [2.24, 2.45) is 0 Å². The van der Waals surface area contributed by atoms with Crippen molar-refractivity contribution >= 4 is 29.0 Å². The van der Waals surface area contributed by atoms with Crippen LogP contribution in [0.2, 0.25) is 5.02 Å². The molecule has 2 amide bonds. The average Bonchev–Trinajstić information content (AvgIpc) is 3.14. The molecule has 1 aliphatic rings. The number of amides is 2. The third-order valence-corrected chi connectivity index (χ3v) is 4.28. The van der Waals surface area contributed by atoms with E-state index in [9.17, 15) is 4.79 Å². The molecule has 0 bridgehead atoms. The van der Waals surface area contributed by atoms with Crippen molar-refractivity contribution < 1.29 is 9.53 Å². The summed E-state index contributed by atoms with van der Waals surface area (Å²) in [6, 6.07) is 14.9. The van der Waals surface area contributed by atoms with Crippen molar-refractivity contribution in [3.05, 3.63) is 53.6 Å². The SMILES string of the molecule is O=C(NCCOc1cccc(Cl)c1)Nc1ccc(N2CCCC2)cc1. The molecule has 2 aromatic carbocycles. The topological polar surface area (TPSA) is 53.6 Å². The molecule has 5 nitrogen and oxygen atoms in total. The second-order valence-electron chi connectivity index (χ2n) is 5.93. The van der Waals surface area contributed by atoms with E-state index in [0.29, 0.717) is 23.9 Å². The first-order chi connectivity index (χ1) is 12.2. The number of urea groups is 1. The van der Waals surface area contributed by atoms with Crippen molar-refractivity contribution in [1.29, 1.82) is 0 Å². The number of hydrogen-bond donors (Lipinski definition) is 2. The van der Waals surface area contributed by atoms with E-state index < -0.39 is 0 Å². The Morgan fingerprint density at radius 1 is 1.12 bits per heavy atom. The quantitative estimate of drug-likeness (QED) is 0.762. The van der Waals surface area contributed by atoms with Crippen LogP contribution in [-0.2, 0) is 0 Å². The highest BCUT2D eigenvalue weighted by Gasteiger charge is 2.12. The van der Waals surface area contributed by atoms with Crippen molar-refractivity contribution in [3.8, 4) is 5.75 Å². The molecule has 0 aliphatic carbocycles. The molecule has 0 atom stereocenters. The molecule has 0 radical (unpaired) electrons. The highest BCUT2D eigenvalue weighted by atomic mass is 35.5. The maximum Gasteiger partial charge on any atom is 0.319 e. The second kappa shape index (κ2) is 8.62. The zero-order valence-electron chi connectivity index (χ0n) is 14.0. The fourth-order valence-corrected chi connectivity index (χ4v) is 2.98. The van der Waals surface area contributed by atoms with Gasteiger partial charge in [0.1, 0.15) is 12.4 Å². The molecule has 1 aliphatic heterocycles. The molecule has 1 fully saturated rings. The maximum atomic E-state index is 11.9. The maximum absolute atomic E-state index is 11.9. The standard InChI is InChI=1S/C19H22ClN3O2/c20-15-4-3-5-18(14-15)25-13-10-21-19(24)22-16-6-8-17(9-7-16)23-11-1-2-12-23/h3-9,14H,1-2,10-13H2,(H2,21,22,24). The molecule has 25 heavy (non-hydrogen) atoms. The van der Waals surface area contributed by atoms with Gasteiger partial charge in [0.25, 0.3) is 0 Å². The third kappa shape index (κ3) is 5.29. The monoisotopic (exact) mass is 359 g/mol. The number of hydrogen-bond acceptors (Lipinski definition) is 3. The smallest absolute Gasteiger partial charge is 0.319 e. The number of nitrogens with one attached hydrogen (secondary N) is 2. The van der Waals surface area contributed by atoms with E-state index in [1.165, 1.54) is 18.5 Å². The predicted molar refractivity (Wildman–Crippen MR) is 102 cm³/mol. The van der Waals surface area contributed by atoms with Gasteiger partial charge in [-0.15, -0.1) is 0 Å². The first-order valence-electron chi connectivity index (χ1n) is 8.49. The normalized spacial score (nSPS) is 13.6. The van der Waals surface area contributed by atoms with Crippen LogP contribution in [0.1, 0.15) is 12.8 Å². The first-order valence-corrected chi connectivity index (χ1v) is 8.87. The van der Waals surface area contributed by atoms with Gasteiger partial charge in [0.2, 0.25) is 0 Å². The minimum absolute atomic E-state index is 0.247. The number of rotatable bonds is 6. The molecule has 3 rings (SSSR count). The lowest BCUT2D eigenvalue weighted by Crippen LogP contribution is -2.32. The second-order valence-corrected chi connectivity index (χ2v) is 6.36. The van der Waals surface area contributed by atoms with Gasteiger partial charge in [-0.3, -0.25) is 0 Å². The summed E-state index contributed by atoms with van der Waals surface area (Å²) in [5.41, 5.74) is 1.98. The zero-order valence-corrected chi connectivity index (χ0v) is 14.8. The molecular weight excluding hydrogens is 338 g/mol. The Balaban J connectivity index is 1.38. The molecule has 0 aromatic heterocycles. The average molecular weight is 360 g/mol. The fraction of sp³-hybridized carbons (Fsp3) is 0.316. The summed E-state index contributed by atoms with van der Waals surface area (Å²) < 4.78 is 5.53. The van der Waals surface area contributed by atoms with Crippen molar-refractivity contribution in [3.63, 3.8) is 0 Å². The lowest BCUT2D eigenvalue weighted by atomic mass is 10.2. The summed E-state index contributed by atoms with van der Waals surface area (Å²) in [7, 11) is 0. The van der Waals surface area contributed by atoms with Gasteiger partial charge in [-0.1, -0.05) is 17.7 Å². The molecule has 132 valence electrons. The lowest BCUT2D eigenvalue weighted by Gasteiger charge is -2.17. The molecular formula is C19H22ClN3O2. The molecule has 0 saturated carbocycles. The van der Waals surface area contributed by atoms with Crippen LogP contribution in [0.3, 0.4) is 0 Å². The fourth-order valence-electron chi connectivity index (χ4n) is 2.80. The van der Waals surface area contributed by atoms with Gasteiger partial charge in [-0.05, 0) is 55.3 Å². The minimum Gasteiger partial charge on any atom is -0.492 e. The van der Waals surface area contributed by atoms with Crippen LogP contribution in [-0.4, -0.2) is 32.3 Å². The van der Waals surface area contributed by atoms with Crippen molar-refractivity contribution in [2.75, 3.05) is 36.5 Å². The highest BCUT2D eigenvalue weighted by Crippen LogP contribution is 2.22. The molecule has 6 heteroatoms. The molecule has 0 spiro atoms. The summed E-state index contributed by atoms with van der Waals surface area (Å²) in [4.78, 5) is 14.3. The van der Waals surface area contributed by atoms with Gasteiger partial charge in [0.05, 0.1) is 6.54 Å². The van der Waals surface area contributed by atoms with Crippen LogP contribution in [0.5, 0.6) is 5.75 Å². The minimum atomic E-state index is -0.247. The summed E-state index contributed by atoms with van der Waals surface area (Å²) in [5.74, 6) is 0.687. The van der Waals surface area contributed by atoms with E-state index in [1.807, 2.05) is 36.4 Å². The van der Waals surface area contributed by atoms with E-state index >= 15 is 0 Å². The summed E-state index contributed by atoms with van der Waals surface area (Å²) in [6.07, 6.45) is 2.50. The van der Waals surface area contributed by atoms with Crippen LogP contribution in [0.25, 0.3) is 0 Å². The Kier molecular flexibility index (Phi) is 6.01. The first kappa shape index (κ1) is 17.4. The number of carbonyl (C=O) groups is 1. The van der Waals surface area contributed by atoms with E-state index in [4.69, 9.17) is 16.3 Å². The van der Waals surface area contributed by atoms with Gasteiger partial charge in [-0.25, -0.2) is 4.79 Å². The van der Waals surface area contributed by atoms with Crippen LogP contribution in [0.4, 0.5) is 16.2 Å². The zero-order chi connectivity index (χ0) is 17.5. The van der Waals surface area contributed by atoms with Gasteiger partial charge >= 0.3 is 6.03 Å². The number of anilines is 2. The number of benzene rings is 2. The Morgan fingerprint density at radius 2 is 1.88 bits per heavy atom. The highest BCUT2D eigenvalue weighted by molar-refractivity contribution is 6.30. The van der Waals surface area contributed by atoms with Gasteiger partial charge in [0, 0.05) is 29.5 Å². The van der Waals surface area contributed by atoms with E-state index in [-0.39, 0.29) is 6.03 Å². The summed E-state index contributed by atoms with van der Waals surface area (Å²) >= 11 is 5.89. The Bertz CT molecular complexity index is 700.